The number of thiophene rings is 1. The molecule has 0 atom stereocenters. The van der Waals surface area contributed by atoms with Gasteiger partial charge < -0.3 is 15.0 Å². The largest absolute Gasteiger partial charge is 0.497 e. The average molecular weight is 401 g/mol. The van der Waals surface area contributed by atoms with Crippen LogP contribution >= 0.6 is 11.3 Å². The number of rotatable bonds is 7. The van der Waals surface area contributed by atoms with Gasteiger partial charge in [-0.05, 0) is 47.9 Å². The second-order valence-electron chi connectivity index (χ2n) is 6.87. The van der Waals surface area contributed by atoms with Gasteiger partial charge in [0, 0.05) is 19.6 Å². The molecule has 1 fully saturated rings. The summed E-state index contributed by atoms with van der Waals surface area (Å²) in [6.07, 6.45) is 1.87. The summed E-state index contributed by atoms with van der Waals surface area (Å²) >= 11 is 1.29. The van der Waals surface area contributed by atoms with Gasteiger partial charge in [-0.15, -0.1) is 11.3 Å². The van der Waals surface area contributed by atoms with Crippen LogP contribution in [0.5, 0.6) is 5.75 Å². The van der Waals surface area contributed by atoms with Crippen LogP contribution in [-0.4, -0.2) is 49.2 Å². The fraction of sp³-hybridized carbons (Fsp3) is 0.381. The number of methoxy groups -OCH3 is 1. The zero-order valence-corrected chi connectivity index (χ0v) is 16.7. The first-order valence-electron chi connectivity index (χ1n) is 9.33. The molecule has 2 amide bonds. The van der Waals surface area contributed by atoms with Crippen LogP contribution in [0, 0.1) is 5.92 Å². The topological polar surface area (TPSA) is 75.7 Å². The number of carbonyl (C=O) groups is 3. The van der Waals surface area contributed by atoms with Gasteiger partial charge in [0.15, 0.2) is 0 Å². The molecule has 28 heavy (non-hydrogen) atoms. The molecule has 0 saturated carbocycles. The van der Waals surface area contributed by atoms with Crippen molar-refractivity contribution in [2.24, 2.45) is 5.92 Å². The van der Waals surface area contributed by atoms with Crippen LogP contribution in [0.2, 0.25) is 0 Å². The summed E-state index contributed by atoms with van der Waals surface area (Å²) in [6, 6.07) is 10.9. The van der Waals surface area contributed by atoms with E-state index in [1.165, 1.54) is 11.3 Å². The van der Waals surface area contributed by atoms with Gasteiger partial charge in [0.1, 0.15) is 5.75 Å². The smallest absolute Gasteiger partial charge is 0.295 e. The number of benzene rings is 1. The summed E-state index contributed by atoms with van der Waals surface area (Å²) in [5.41, 5.74) is 0.907. The minimum Gasteiger partial charge on any atom is -0.497 e. The summed E-state index contributed by atoms with van der Waals surface area (Å²) in [5, 5.41) is 4.77. The number of Topliss-reactive ketones (excluding diaryl/α,β-unsaturated/α-hetero) is 1. The Balaban J connectivity index is 1.41. The van der Waals surface area contributed by atoms with E-state index < -0.39 is 11.7 Å². The molecule has 2 heterocycles. The van der Waals surface area contributed by atoms with E-state index in [-0.39, 0.29) is 5.91 Å². The van der Waals surface area contributed by atoms with Gasteiger partial charge in [-0.3, -0.25) is 14.4 Å². The summed E-state index contributed by atoms with van der Waals surface area (Å²) in [4.78, 5) is 38.8. The molecule has 0 bridgehead atoms. The Kier molecular flexibility index (Phi) is 6.81. The summed E-state index contributed by atoms with van der Waals surface area (Å²) in [6.45, 7) is 1.68. The van der Waals surface area contributed by atoms with Crippen LogP contribution in [0.25, 0.3) is 0 Å². The van der Waals surface area contributed by atoms with E-state index in [0.29, 0.717) is 36.9 Å². The lowest BCUT2D eigenvalue weighted by atomic mass is 9.96. The third-order valence-corrected chi connectivity index (χ3v) is 5.80. The quantitative estimate of drug-likeness (QED) is 0.572. The Hall–Kier alpha value is -2.67. The molecule has 0 radical (unpaired) electrons. The molecule has 0 unspecified atom stereocenters. The normalized spacial score (nSPS) is 14.5. The number of likely N-dealkylation sites (tertiary alicyclic amines) is 1. The average Bonchev–Trinajstić information content (AvgIpc) is 3.26. The van der Waals surface area contributed by atoms with Crippen molar-refractivity contribution >= 4 is 28.9 Å². The molecule has 1 aromatic heterocycles. The highest BCUT2D eigenvalue weighted by atomic mass is 32.1. The highest BCUT2D eigenvalue weighted by Crippen LogP contribution is 2.19. The maximum absolute atomic E-state index is 12.3. The second-order valence-corrected chi connectivity index (χ2v) is 7.82. The lowest BCUT2D eigenvalue weighted by molar-refractivity contribution is -0.128. The van der Waals surface area contributed by atoms with Crippen LogP contribution in [0.3, 0.4) is 0 Å². The Morgan fingerprint density at radius 2 is 1.96 bits per heavy atom. The highest BCUT2D eigenvalue weighted by molar-refractivity contribution is 7.13. The van der Waals surface area contributed by atoms with Gasteiger partial charge >= 0.3 is 0 Å². The number of hydrogen-bond acceptors (Lipinski definition) is 5. The molecule has 7 heteroatoms. The van der Waals surface area contributed by atoms with Crippen LogP contribution in [-0.2, 0) is 16.0 Å². The Bertz CT molecular complexity index is 827. The van der Waals surface area contributed by atoms with E-state index in [4.69, 9.17) is 4.74 Å². The van der Waals surface area contributed by atoms with Crippen molar-refractivity contribution in [3.8, 4) is 5.75 Å². The van der Waals surface area contributed by atoms with Crippen molar-refractivity contribution < 1.29 is 19.1 Å². The molecule has 0 spiro atoms. The maximum atomic E-state index is 12.3. The summed E-state index contributed by atoms with van der Waals surface area (Å²) < 4.78 is 5.17. The SMILES string of the molecule is COc1cccc(CC(=O)NCC2CCN(C(=O)C(=O)c3cccs3)CC2)c1. The Morgan fingerprint density at radius 1 is 1.18 bits per heavy atom. The van der Waals surface area contributed by atoms with E-state index in [9.17, 15) is 14.4 Å². The van der Waals surface area contributed by atoms with Crippen molar-refractivity contribution in [1.29, 1.82) is 0 Å². The lowest BCUT2D eigenvalue weighted by Gasteiger charge is -2.31. The van der Waals surface area contributed by atoms with Gasteiger partial charge in [-0.1, -0.05) is 18.2 Å². The van der Waals surface area contributed by atoms with E-state index in [2.05, 4.69) is 5.32 Å². The van der Waals surface area contributed by atoms with Crippen molar-refractivity contribution in [2.45, 2.75) is 19.3 Å². The van der Waals surface area contributed by atoms with Gasteiger partial charge in [-0.25, -0.2) is 0 Å². The number of ether oxygens (including phenoxy) is 1. The standard InChI is InChI=1S/C21H24N2O4S/c1-27-17-5-2-4-16(12-17)13-19(24)22-14-15-7-9-23(10-8-15)21(26)20(25)18-6-3-11-28-18/h2-6,11-12,15H,7-10,13-14H2,1H3,(H,22,24). The molecule has 1 aromatic carbocycles. The van der Waals surface area contributed by atoms with Gasteiger partial charge in [0.05, 0.1) is 18.4 Å². The van der Waals surface area contributed by atoms with Crippen LogP contribution in [0.1, 0.15) is 28.1 Å². The lowest BCUT2D eigenvalue weighted by Crippen LogP contribution is -2.44. The predicted octanol–water partition coefficient (Wildman–Crippen LogP) is 2.54. The number of nitrogens with zero attached hydrogens (tertiary/aromatic N) is 1. The molecule has 0 aliphatic carbocycles. The molecule has 6 nitrogen and oxygen atoms in total. The maximum Gasteiger partial charge on any atom is 0.295 e. The van der Waals surface area contributed by atoms with Gasteiger partial charge in [0.2, 0.25) is 5.91 Å². The molecule has 1 aliphatic rings. The van der Waals surface area contributed by atoms with E-state index in [1.807, 2.05) is 24.3 Å². The first-order valence-corrected chi connectivity index (χ1v) is 10.2. The Labute approximate surface area is 168 Å². The first-order chi connectivity index (χ1) is 13.6. The van der Waals surface area contributed by atoms with Gasteiger partial charge in [-0.2, -0.15) is 0 Å². The number of nitrogens with one attached hydrogen (secondary N) is 1. The van der Waals surface area contributed by atoms with Crippen molar-refractivity contribution in [3.63, 3.8) is 0 Å². The minimum atomic E-state index is -0.431. The number of piperidine rings is 1. The molecule has 1 aliphatic heterocycles. The van der Waals surface area contributed by atoms with Crippen molar-refractivity contribution in [3.05, 3.63) is 52.2 Å². The fourth-order valence-electron chi connectivity index (χ4n) is 3.29. The Morgan fingerprint density at radius 3 is 2.64 bits per heavy atom. The van der Waals surface area contributed by atoms with Crippen LogP contribution in [0.15, 0.2) is 41.8 Å². The second kappa shape index (κ2) is 9.50. The monoisotopic (exact) mass is 400 g/mol. The van der Waals surface area contributed by atoms with Crippen LogP contribution < -0.4 is 10.1 Å². The third-order valence-electron chi connectivity index (χ3n) is 4.93. The van der Waals surface area contributed by atoms with Gasteiger partial charge in [0.25, 0.3) is 11.7 Å². The molecular formula is C21H24N2O4S. The predicted molar refractivity (Wildman–Crippen MR) is 108 cm³/mol. The summed E-state index contributed by atoms with van der Waals surface area (Å²) in [5.74, 6) is 0.164. The zero-order valence-electron chi connectivity index (χ0n) is 15.8. The first kappa shape index (κ1) is 20.1. The number of carbonyl (C=O) groups excluding carboxylic acids is 3. The molecule has 148 valence electrons. The number of amides is 2. The van der Waals surface area contributed by atoms with Crippen molar-refractivity contribution in [1.82, 2.24) is 10.2 Å². The molecule has 2 aromatic rings. The van der Waals surface area contributed by atoms with Crippen LogP contribution in [0.4, 0.5) is 0 Å². The van der Waals surface area contributed by atoms with E-state index >= 15 is 0 Å². The minimum absolute atomic E-state index is 0.0281. The fourth-order valence-corrected chi connectivity index (χ4v) is 3.94. The zero-order chi connectivity index (χ0) is 19.9. The molecule has 3 rings (SSSR count). The molecule has 1 saturated heterocycles. The van der Waals surface area contributed by atoms with E-state index in [0.717, 1.165) is 24.2 Å². The summed E-state index contributed by atoms with van der Waals surface area (Å²) in [7, 11) is 1.60. The highest BCUT2D eigenvalue weighted by Gasteiger charge is 2.28. The number of ketones is 1. The van der Waals surface area contributed by atoms with Crippen molar-refractivity contribution in [2.75, 3.05) is 26.7 Å². The van der Waals surface area contributed by atoms with E-state index in [1.54, 1.807) is 29.5 Å². The third kappa shape index (κ3) is 5.19. The molecular weight excluding hydrogens is 376 g/mol. The number of hydrogen-bond donors (Lipinski definition) is 1. The molecule has 1 N–H and O–H groups in total.